The van der Waals surface area contributed by atoms with Gasteiger partial charge in [-0.1, -0.05) is 78.1 Å². The van der Waals surface area contributed by atoms with Crippen LogP contribution in [0.25, 0.3) is 0 Å². The van der Waals surface area contributed by atoms with E-state index in [1.807, 2.05) is 0 Å². The molecule has 0 radical (unpaired) electrons. The molecular formula is C17H39NO4S. The summed E-state index contributed by atoms with van der Waals surface area (Å²) >= 11 is 0. The van der Waals surface area contributed by atoms with Crippen molar-refractivity contribution in [3.8, 4) is 0 Å². The summed E-state index contributed by atoms with van der Waals surface area (Å²) < 4.78 is 31.6. The highest BCUT2D eigenvalue weighted by Crippen LogP contribution is 2.15. The van der Waals surface area contributed by atoms with Gasteiger partial charge in [-0.25, -0.2) is 0 Å². The average molecular weight is 354 g/mol. The summed E-state index contributed by atoms with van der Waals surface area (Å²) in [5.74, 6) is 0. The highest BCUT2D eigenvalue weighted by molar-refractivity contribution is 7.79. The average Bonchev–Trinajstić information content (AvgIpc) is 2.42. The van der Waals surface area contributed by atoms with Crippen LogP contribution < -0.4 is 0 Å². The number of unbranched alkanes of at least 4 members (excludes halogenated alkanes) is 8. The molecule has 0 saturated carbocycles. The Bertz CT molecular complexity index is 323. The first-order chi connectivity index (χ1) is 10.7. The third-order valence-electron chi connectivity index (χ3n) is 4.01. The van der Waals surface area contributed by atoms with Crippen LogP contribution in [0.2, 0.25) is 0 Å². The molecule has 0 aliphatic carbocycles. The zero-order valence-corrected chi connectivity index (χ0v) is 16.4. The van der Waals surface area contributed by atoms with Crippen LogP contribution >= 0.6 is 0 Å². The van der Waals surface area contributed by atoms with Crippen LogP contribution in [0, 0.1) is 0 Å². The fourth-order valence-corrected chi connectivity index (χ4v) is 2.61. The Hall–Kier alpha value is -0.170. The fourth-order valence-electron chi connectivity index (χ4n) is 2.61. The topological polar surface area (TPSA) is 77.8 Å². The number of hydrogen-bond donors (Lipinski definition) is 2. The quantitative estimate of drug-likeness (QED) is 0.360. The Balaban J connectivity index is 0. The third-order valence-corrected chi connectivity index (χ3v) is 4.01. The number of rotatable bonds is 13. The standard InChI is InChI=1S/C17H37N.H2O4S/c1-5-7-9-10-11-12-13-14-16-17(18(3)4)15-8-6-2;1-5(2,3)4/h17H,5-16H2,1-4H3;(H2,1,2,3,4). The summed E-state index contributed by atoms with van der Waals surface area (Å²) in [6.45, 7) is 4.58. The smallest absolute Gasteiger partial charge is 0.306 e. The summed E-state index contributed by atoms with van der Waals surface area (Å²) in [5, 5.41) is 0. The minimum absolute atomic E-state index is 0.824. The van der Waals surface area contributed by atoms with Crippen molar-refractivity contribution in [2.75, 3.05) is 14.1 Å². The Kier molecular flexibility index (Phi) is 18.2. The van der Waals surface area contributed by atoms with Crippen LogP contribution in [0.5, 0.6) is 0 Å². The van der Waals surface area contributed by atoms with Crippen molar-refractivity contribution >= 4 is 10.4 Å². The highest BCUT2D eigenvalue weighted by atomic mass is 32.3. The molecule has 0 saturated heterocycles. The lowest BCUT2D eigenvalue weighted by Gasteiger charge is -2.24. The molecule has 0 aromatic rings. The molecule has 1 unspecified atom stereocenters. The normalized spacial score (nSPS) is 12.8. The predicted octanol–water partition coefficient (Wildman–Crippen LogP) is 4.98. The molecule has 0 amide bonds. The van der Waals surface area contributed by atoms with E-state index in [0.29, 0.717) is 0 Å². The van der Waals surface area contributed by atoms with Gasteiger partial charge in [0.25, 0.3) is 0 Å². The first-order valence-corrected chi connectivity index (χ1v) is 10.5. The van der Waals surface area contributed by atoms with E-state index < -0.39 is 10.4 Å². The van der Waals surface area contributed by atoms with Crippen LogP contribution in [-0.4, -0.2) is 42.6 Å². The second kappa shape index (κ2) is 16.7. The Morgan fingerprint density at radius 2 is 1.09 bits per heavy atom. The van der Waals surface area contributed by atoms with Gasteiger partial charge in [0.1, 0.15) is 0 Å². The molecule has 0 bridgehead atoms. The Labute approximate surface area is 144 Å². The van der Waals surface area contributed by atoms with Crippen LogP contribution in [0.1, 0.15) is 90.9 Å². The highest BCUT2D eigenvalue weighted by Gasteiger charge is 2.09. The summed E-state index contributed by atoms with van der Waals surface area (Å²) in [5.41, 5.74) is 0. The van der Waals surface area contributed by atoms with Crippen molar-refractivity contribution in [2.24, 2.45) is 0 Å². The van der Waals surface area contributed by atoms with Crippen LogP contribution in [0.15, 0.2) is 0 Å². The summed E-state index contributed by atoms with van der Waals surface area (Å²) in [7, 11) is -0.184. The van der Waals surface area contributed by atoms with Crippen molar-refractivity contribution in [1.29, 1.82) is 0 Å². The molecule has 0 heterocycles. The molecular weight excluding hydrogens is 314 g/mol. The lowest BCUT2D eigenvalue weighted by Crippen LogP contribution is -2.27. The lowest BCUT2D eigenvalue weighted by atomic mass is 10.0. The van der Waals surface area contributed by atoms with Gasteiger partial charge in [0.2, 0.25) is 0 Å². The molecule has 0 aromatic carbocycles. The van der Waals surface area contributed by atoms with E-state index >= 15 is 0 Å². The largest absolute Gasteiger partial charge is 0.394 e. The van der Waals surface area contributed by atoms with E-state index in [9.17, 15) is 0 Å². The summed E-state index contributed by atoms with van der Waals surface area (Å²) in [4.78, 5) is 2.43. The van der Waals surface area contributed by atoms with Gasteiger partial charge in [0, 0.05) is 6.04 Å². The summed E-state index contributed by atoms with van der Waals surface area (Å²) in [6, 6.07) is 0.824. The van der Waals surface area contributed by atoms with Crippen LogP contribution in [0.4, 0.5) is 0 Å². The predicted molar refractivity (Wildman–Crippen MR) is 98.4 cm³/mol. The molecule has 2 N–H and O–H groups in total. The SMILES string of the molecule is CCCCCCCCCCC(CCCC)N(C)C.O=S(=O)(O)O. The van der Waals surface area contributed by atoms with Crippen molar-refractivity contribution in [3.05, 3.63) is 0 Å². The minimum Gasteiger partial charge on any atom is -0.306 e. The van der Waals surface area contributed by atoms with Gasteiger partial charge in [-0.3, -0.25) is 9.11 Å². The van der Waals surface area contributed by atoms with Gasteiger partial charge in [-0.2, -0.15) is 8.42 Å². The van der Waals surface area contributed by atoms with E-state index in [1.165, 1.54) is 77.0 Å². The van der Waals surface area contributed by atoms with Crippen molar-refractivity contribution in [3.63, 3.8) is 0 Å². The maximum atomic E-state index is 8.74. The maximum Gasteiger partial charge on any atom is 0.394 e. The second-order valence-electron chi connectivity index (χ2n) is 6.47. The molecule has 0 aliphatic rings. The molecule has 1 atom stereocenters. The Morgan fingerprint density at radius 1 is 0.739 bits per heavy atom. The van der Waals surface area contributed by atoms with Gasteiger partial charge >= 0.3 is 10.4 Å². The fraction of sp³-hybridized carbons (Fsp3) is 1.00. The first kappa shape index (κ1) is 25.1. The maximum absolute atomic E-state index is 8.74. The molecule has 0 aliphatic heterocycles. The summed E-state index contributed by atoms with van der Waals surface area (Å²) in [6.07, 6.45) is 17.0. The lowest BCUT2D eigenvalue weighted by molar-refractivity contribution is 0.253. The van der Waals surface area contributed by atoms with E-state index in [0.717, 1.165) is 6.04 Å². The number of nitrogens with zero attached hydrogens (tertiary/aromatic N) is 1. The minimum atomic E-state index is -4.67. The van der Waals surface area contributed by atoms with E-state index in [4.69, 9.17) is 17.5 Å². The van der Waals surface area contributed by atoms with Gasteiger partial charge in [0.05, 0.1) is 0 Å². The molecule has 0 fully saturated rings. The van der Waals surface area contributed by atoms with Crippen molar-refractivity contribution in [1.82, 2.24) is 4.90 Å². The van der Waals surface area contributed by atoms with E-state index in [-0.39, 0.29) is 0 Å². The van der Waals surface area contributed by atoms with Crippen molar-refractivity contribution < 1.29 is 17.5 Å². The zero-order valence-electron chi connectivity index (χ0n) is 15.6. The molecule has 5 nitrogen and oxygen atoms in total. The van der Waals surface area contributed by atoms with Gasteiger partial charge in [0.15, 0.2) is 0 Å². The van der Waals surface area contributed by atoms with E-state index in [1.54, 1.807) is 0 Å². The first-order valence-electron chi connectivity index (χ1n) is 9.08. The van der Waals surface area contributed by atoms with Gasteiger partial charge in [-0.05, 0) is 26.9 Å². The number of hydrogen-bond acceptors (Lipinski definition) is 3. The molecule has 0 rings (SSSR count). The van der Waals surface area contributed by atoms with E-state index in [2.05, 4.69) is 32.8 Å². The zero-order chi connectivity index (χ0) is 18.1. The Morgan fingerprint density at radius 3 is 1.48 bits per heavy atom. The van der Waals surface area contributed by atoms with Crippen molar-refractivity contribution in [2.45, 2.75) is 96.9 Å². The van der Waals surface area contributed by atoms with Crippen LogP contribution in [-0.2, 0) is 10.4 Å². The molecule has 0 aromatic heterocycles. The molecule has 23 heavy (non-hydrogen) atoms. The monoisotopic (exact) mass is 353 g/mol. The third kappa shape index (κ3) is 27.0. The molecule has 0 spiro atoms. The van der Waals surface area contributed by atoms with Crippen LogP contribution in [0.3, 0.4) is 0 Å². The van der Waals surface area contributed by atoms with Gasteiger partial charge < -0.3 is 4.90 Å². The van der Waals surface area contributed by atoms with Gasteiger partial charge in [-0.15, -0.1) is 0 Å². The molecule has 6 heteroatoms. The second-order valence-corrected chi connectivity index (χ2v) is 7.37. The molecule has 142 valence electrons.